The van der Waals surface area contributed by atoms with Crippen molar-refractivity contribution in [2.75, 3.05) is 4.90 Å². The Labute approximate surface area is 489 Å². The molecule has 0 saturated heterocycles. The lowest BCUT2D eigenvalue weighted by Gasteiger charge is -2.39. The van der Waals surface area contributed by atoms with Crippen molar-refractivity contribution in [1.29, 1.82) is 0 Å². The van der Waals surface area contributed by atoms with Crippen LogP contribution < -0.4 is 131 Å². The first-order valence-corrected chi connectivity index (χ1v) is 28.3. The van der Waals surface area contributed by atoms with Gasteiger partial charge in [0, 0.05) is 33.5 Å². The normalized spacial score (nSPS) is 11.4. The van der Waals surface area contributed by atoms with Crippen LogP contribution in [0.2, 0.25) is 0 Å². The van der Waals surface area contributed by atoms with Crippen LogP contribution in [0.4, 0.5) is 17.1 Å². The summed E-state index contributed by atoms with van der Waals surface area (Å²) in [7, 11) is 53.2. The highest BCUT2D eigenvalue weighted by atomic mass is 16.3. The highest BCUT2D eigenvalue weighted by molar-refractivity contribution is 6.74. The summed E-state index contributed by atoms with van der Waals surface area (Å²) in [6.07, 6.45) is 0. The Morgan fingerprint density at radius 3 is 0.962 bits per heavy atom. The van der Waals surface area contributed by atoms with Crippen LogP contribution in [-0.2, 0) is 0 Å². The van der Waals surface area contributed by atoms with Gasteiger partial charge in [-0.05, 0) is 33.2 Å². The molecule has 0 aliphatic rings. The molecule has 0 amide bonds. The van der Waals surface area contributed by atoms with Crippen molar-refractivity contribution in [2.24, 2.45) is 0 Å². The summed E-state index contributed by atoms with van der Waals surface area (Å²) in [5.74, 6) is 1.85. The summed E-state index contributed by atoms with van der Waals surface area (Å²) >= 11 is 0. The summed E-state index contributed by atoms with van der Waals surface area (Å²) in [5, 5.41) is 2.24. The molecule has 8 aromatic carbocycles. The lowest BCUT2D eigenvalue weighted by Crippen LogP contribution is -2.58. The molecule has 10 aromatic rings. The monoisotopic (exact) mass is 995 g/mol. The molecule has 28 heteroatoms. The largest absolute Gasteiger partial charge is 0.457 e. The zero-order valence-electron chi connectivity index (χ0n) is 51.5. The second kappa shape index (κ2) is 20.8. The number of hydrogen-bond acceptors (Lipinski definition) is 5. The number of furan rings is 1. The number of anilines is 3. The van der Waals surface area contributed by atoms with Gasteiger partial charge in [-0.1, -0.05) is 149 Å². The summed E-state index contributed by atoms with van der Waals surface area (Å²) in [6, 6.07) is 22.9. The maximum atomic E-state index is 7.45. The van der Waals surface area contributed by atoms with E-state index in [2.05, 4.69) is 216 Å². The lowest BCUT2D eigenvalue weighted by molar-refractivity contribution is 0.674. The van der Waals surface area contributed by atoms with E-state index in [4.69, 9.17) is 19.4 Å². The fourth-order valence-electron chi connectivity index (χ4n) is 13.6. The first-order chi connectivity index (χ1) is 37.3. The van der Waals surface area contributed by atoms with E-state index in [-0.39, 0.29) is 0 Å². The molecule has 0 radical (unpaired) electrons. The van der Waals surface area contributed by atoms with Crippen LogP contribution in [0.3, 0.4) is 0 Å². The number of hydrogen-bond donors (Lipinski definition) is 0. The number of aromatic nitrogens is 3. The molecule has 0 bridgehead atoms. The molecule has 5 nitrogen and oxygen atoms in total. The van der Waals surface area contributed by atoms with Crippen molar-refractivity contribution in [2.45, 2.75) is 0 Å². The van der Waals surface area contributed by atoms with Crippen LogP contribution in [0.1, 0.15) is 0 Å². The first kappa shape index (κ1) is 56.1. The van der Waals surface area contributed by atoms with E-state index in [0.717, 1.165) is 60.7 Å². The average molecular weight is 991 g/mol. The van der Waals surface area contributed by atoms with E-state index < -0.39 is 0 Å². The van der Waals surface area contributed by atoms with Crippen LogP contribution in [0.5, 0.6) is 0 Å². The zero-order chi connectivity index (χ0) is 57.3. The van der Waals surface area contributed by atoms with Crippen molar-refractivity contribution in [3.63, 3.8) is 0 Å². The second-order valence-electron chi connectivity index (χ2n) is 23.4. The Morgan fingerprint density at radius 1 is 0.266 bits per heavy atom. The topological polar surface area (TPSA) is 55.1 Å². The SMILES string of the molecule is Bc1cc(B)c2oc3c(B)c(-c4nc(-c5ccccc5)nc(-c5ccccc5)n4)c(B)c(N(c4c(B)c(B)c(-c5c(B)c(B)c(B)c(B)c5B)c(B)c4B)c4c(B)c(B)c(-c5c(B)c(B)c(B)c(B)c5B)c(B)c4B)c3c2c1B. The van der Waals surface area contributed by atoms with E-state index in [1.165, 1.54) is 143 Å². The van der Waals surface area contributed by atoms with Crippen molar-refractivity contribution >= 4 is 345 Å². The smallest absolute Gasteiger partial charge is 0.164 e. The molecule has 79 heavy (non-hydrogen) atoms. The zero-order valence-corrected chi connectivity index (χ0v) is 51.5. The molecule has 10 rings (SSSR count). The molecular formula is C51H57B23N4O. The van der Waals surface area contributed by atoms with Crippen molar-refractivity contribution in [3.8, 4) is 56.4 Å². The molecule has 2 heterocycles. The van der Waals surface area contributed by atoms with Gasteiger partial charge in [-0.2, -0.15) is 0 Å². The van der Waals surface area contributed by atoms with Crippen LogP contribution >= 0.6 is 0 Å². The van der Waals surface area contributed by atoms with Crippen LogP contribution in [0.25, 0.3) is 78.4 Å². The summed E-state index contributed by atoms with van der Waals surface area (Å²) in [6.45, 7) is 0. The molecule has 2 aromatic heterocycles. The minimum Gasteiger partial charge on any atom is -0.457 e. The Bertz CT molecular complexity index is 4000. The van der Waals surface area contributed by atoms with Gasteiger partial charge in [-0.3, -0.25) is 0 Å². The number of benzene rings is 8. The summed E-state index contributed by atoms with van der Waals surface area (Å²) < 4.78 is 7.45. The number of nitrogens with zero attached hydrogens (tertiary/aromatic N) is 4. The van der Waals surface area contributed by atoms with Gasteiger partial charge in [0.1, 0.15) is 192 Å². The minimum absolute atomic E-state index is 0.607. The first-order valence-electron chi connectivity index (χ1n) is 28.3. The summed E-state index contributed by atoms with van der Waals surface area (Å²) in [4.78, 5) is 18.8. The number of rotatable bonds is 8. The predicted octanol–water partition coefficient (Wildman–Crippen LogP) is -26.5. The molecule has 0 atom stereocenters. The van der Waals surface area contributed by atoms with E-state index >= 15 is 0 Å². The minimum atomic E-state index is 0.607. The number of fused-ring (bicyclic) bond motifs is 3. The van der Waals surface area contributed by atoms with Gasteiger partial charge >= 0.3 is 0 Å². The molecule has 0 saturated carbocycles. The van der Waals surface area contributed by atoms with Crippen molar-refractivity contribution < 1.29 is 4.42 Å². The third-order valence-electron chi connectivity index (χ3n) is 19.6. The van der Waals surface area contributed by atoms with Gasteiger partial charge < -0.3 is 9.32 Å². The fourth-order valence-corrected chi connectivity index (χ4v) is 13.6. The molecule has 0 N–H and O–H groups in total. The van der Waals surface area contributed by atoms with E-state index in [9.17, 15) is 0 Å². The second-order valence-corrected chi connectivity index (χ2v) is 23.4. The maximum absolute atomic E-state index is 7.45. The van der Waals surface area contributed by atoms with Crippen LogP contribution in [0, 0.1) is 0 Å². The van der Waals surface area contributed by atoms with Crippen molar-refractivity contribution in [3.05, 3.63) is 66.7 Å². The van der Waals surface area contributed by atoms with Gasteiger partial charge in [0.25, 0.3) is 0 Å². The van der Waals surface area contributed by atoms with Gasteiger partial charge in [0.2, 0.25) is 0 Å². The van der Waals surface area contributed by atoms with Gasteiger partial charge in [0.05, 0.1) is 11.1 Å². The molecule has 356 valence electrons. The van der Waals surface area contributed by atoms with Gasteiger partial charge in [-0.25, -0.2) is 15.0 Å². The molecule has 0 fully saturated rings. The Hall–Kier alpha value is -6.14. The fraction of sp³-hybridized carbons (Fsp3) is 0. The van der Waals surface area contributed by atoms with E-state index in [1.54, 1.807) is 0 Å². The van der Waals surface area contributed by atoms with E-state index in [1.807, 2.05) is 36.4 Å². The quantitative estimate of drug-likeness (QED) is 0.142. The van der Waals surface area contributed by atoms with Crippen molar-refractivity contribution in [1.82, 2.24) is 15.0 Å². The Morgan fingerprint density at radius 2 is 0.595 bits per heavy atom. The van der Waals surface area contributed by atoms with Gasteiger partial charge in [0.15, 0.2) is 17.5 Å². The predicted molar refractivity (Wildman–Crippen MR) is 417 cm³/mol. The Kier molecular flexibility index (Phi) is 14.8. The molecule has 0 spiro atoms. The highest BCUT2D eigenvalue weighted by Gasteiger charge is 2.34. The maximum Gasteiger partial charge on any atom is 0.164 e. The van der Waals surface area contributed by atoms with Crippen LogP contribution in [-0.4, -0.2) is 195 Å². The molecule has 0 aliphatic carbocycles. The Balaban J connectivity index is 1.44. The van der Waals surface area contributed by atoms with Gasteiger partial charge in [-0.15, -0.1) is 32.8 Å². The molecule has 0 aliphatic heterocycles. The summed E-state index contributed by atoms with van der Waals surface area (Å²) in [5.41, 5.74) is 42.7. The third-order valence-corrected chi connectivity index (χ3v) is 19.6. The highest BCUT2D eigenvalue weighted by Crippen LogP contribution is 2.40. The standard InChI is InChI=1S/C51H57B23N4O/c52-14-11-15(53)47-20(23(14)54)21-44(32(63)22(33(64)48(21)79-47)51-76-49(12-7-3-1-4-8-12)75-50(77-51)13-9-5-2-6-10-13)78(45-40(71)28(59)18(29(60)41(45)72)16-24(55)34(65)38(69)35(66)25(16)56)46-42(73)30(61)19(31(62)43(46)74)17-26(57)36(67)39(70)37(68)27(17)58/h1-11H,52-74H2. The average Bonchev–Trinajstić information content (AvgIpc) is 4.14. The lowest BCUT2D eigenvalue weighted by atomic mass is 9.56. The van der Waals surface area contributed by atoms with E-state index in [0.29, 0.717) is 17.5 Å². The molecular weight excluding hydrogens is 933 g/mol. The van der Waals surface area contributed by atoms with Crippen LogP contribution in [0.15, 0.2) is 71.1 Å². The third kappa shape index (κ3) is 8.61. The molecule has 0 unspecified atom stereocenters.